The summed E-state index contributed by atoms with van der Waals surface area (Å²) < 4.78 is 32.6. The lowest BCUT2D eigenvalue weighted by Gasteiger charge is -2.20. The van der Waals surface area contributed by atoms with E-state index >= 15 is 0 Å². The van der Waals surface area contributed by atoms with Crippen molar-refractivity contribution in [3.05, 3.63) is 22.7 Å². The second-order valence-corrected chi connectivity index (χ2v) is 7.16. The maximum atomic E-state index is 12.5. The lowest BCUT2D eigenvalue weighted by Crippen LogP contribution is -2.39. The molecule has 0 aromatic heterocycles. The first-order valence-electron chi connectivity index (χ1n) is 6.35. The van der Waals surface area contributed by atoms with E-state index in [0.29, 0.717) is 12.1 Å². The van der Waals surface area contributed by atoms with Gasteiger partial charge in [-0.05, 0) is 33.2 Å². The molecule has 0 aliphatic carbocycles. The van der Waals surface area contributed by atoms with Gasteiger partial charge in [0.2, 0.25) is 10.0 Å². The van der Waals surface area contributed by atoms with Crippen LogP contribution in [0, 0.1) is 0 Å². The average Bonchev–Trinajstić information content (AvgIpc) is 2.35. The van der Waals surface area contributed by atoms with Crippen molar-refractivity contribution >= 4 is 21.6 Å². The zero-order valence-corrected chi connectivity index (χ0v) is 14.1. The molecule has 6 nitrogen and oxygen atoms in total. The van der Waals surface area contributed by atoms with Crippen molar-refractivity contribution < 1.29 is 18.3 Å². The lowest BCUT2D eigenvalue weighted by atomic mass is 10.2. The van der Waals surface area contributed by atoms with Crippen molar-refractivity contribution in [1.29, 1.82) is 0 Å². The molecule has 1 rings (SSSR count). The third kappa shape index (κ3) is 4.82. The molecule has 21 heavy (non-hydrogen) atoms. The van der Waals surface area contributed by atoms with Gasteiger partial charge in [0.15, 0.2) is 0 Å². The van der Waals surface area contributed by atoms with Gasteiger partial charge >= 0.3 is 0 Å². The summed E-state index contributed by atoms with van der Waals surface area (Å²) >= 11 is 5.92. The Morgan fingerprint density at radius 1 is 1.43 bits per heavy atom. The minimum Gasteiger partial charge on any atom is -0.495 e. The Kier molecular flexibility index (Phi) is 6.42. The second kappa shape index (κ2) is 7.42. The highest BCUT2D eigenvalue weighted by molar-refractivity contribution is 7.89. The van der Waals surface area contributed by atoms with E-state index < -0.39 is 10.0 Å². The number of aliphatic hydroxyl groups excluding tert-OH is 1. The molecule has 8 heteroatoms. The molecule has 0 heterocycles. The van der Waals surface area contributed by atoms with Crippen molar-refractivity contribution in [3.8, 4) is 5.75 Å². The first-order valence-corrected chi connectivity index (χ1v) is 8.21. The summed E-state index contributed by atoms with van der Waals surface area (Å²) in [5.74, 6) is 0.103. The molecule has 2 N–H and O–H groups in total. The molecule has 0 aliphatic rings. The van der Waals surface area contributed by atoms with Gasteiger partial charge in [0.1, 0.15) is 10.6 Å². The first-order chi connectivity index (χ1) is 9.71. The molecule has 1 atom stereocenters. The molecule has 0 radical (unpaired) electrons. The Hall–Kier alpha value is -0.860. The van der Waals surface area contributed by atoms with Gasteiger partial charge in [0, 0.05) is 23.2 Å². The van der Waals surface area contributed by atoms with Gasteiger partial charge in [0.25, 0.3) is 0 Å². The van der Waals surface area contributed by atoms with Crippen LogP contribution in [0.25, 0.3) is 0 Å². The molecule has 0 spiro atoms. The van der Waals surface area contributed by atoms with Gasteiger partial charge < -0.3 is 14.7 Å². The van der Waals surface area contributed by atoms with Crippen molar-refractivity contribution in [3.63, 3.8) is 0 Å². The van der Waals surface area contributed by atoms with E-state index in [4.69, 9.17) is 16.3 Å². The van der Waals surface area contributed by atoms with Crippen LogP contribution in [0.1, 0.15) is 12.5 Å². The summed E-state index contributed by atoms with van der Waals surface area (Å²) in [7, 11) is 1.26. The van der Waals surface area contributed by atoms with E-state index in [2.05, 4.69) is 4.72 Å². The second-order valence-electron chi connectivity index (χ2n) is 5.04. The third-order valence-electron chi connectivity index (χ3n) is 2.76. The normalized spacial score (nSPS) is 13.5. The van der Waals surface area contributed by atoms with Gasteiger partial charge in [-0.2, -0.15) is 0 Å². The van der Waals surface area contributed by atoms with Gasteiger partial charge in [-0.25, -0.2) is 13.1 Å². The van der Waals surface area contributed by atoms with E-state index in [1.165, 1.54) is 19.2 Å². The van der Waals surface area contributed by atoms with Crippen molar-refractivity contribution in [2.45, 2.75) is 24.5 Å². The van der Waals surface area contributed by atoms with E-state index in [-0.39, 0.29) is 28.3 Å². The molecule has 0 aliphatic heterocycles. The Balaban J connectivity index is 3.21. The fourth-order valence-corrected chi connectivity index (χ4v) is 3.86. The van der Waals surface area contributed by atoms with Crippen LogP contribution in [-0.4, -0.2) is 52.2 Å². The van der Waals surface area contributed by atoms with Crippen LogP contribution in [0.15, 0.2) is 17.0 Å². The van der Waals surface area contributed by atoms with Gasteiger partial charge in [0.05, 0.1) is 13.7 Å². The molecule has 0 saturated carbocycles. The van der Waals surface area contributed by atoms with Crippen LogP contribution in [0.4, 0.5) is 0 Å². The standard InChI is InChI=1S/C13H21ClN2O4S/c1-9(7-16(2)3)15-21(18,19)12-6-11(14)5-10(8-17)13(12)20-4/h5-6,9,15,17H,7-8H2,1-4H3. The Morgan fingerprint density at radius 3 is 2.52 bits per heavy atom. The van der Waals surface area contributed by atoms with Gasteiger partial charge in [-0.15, -0.1) is 0 Å². The maximum absolute atomic E-state index is 12.5. The number of nitrogens with one attached hydrogen (secondary N) is 1. The van der Waals surface area contributed by atoms with Crippen LogP contribution in [0.5, 0.6) is 5.75 Å². The summed E-state index contributed by atoms with van der Waals surface area (Å²) in [4.78, 5) is 1.80. The summed E-state index contributed by atoms with van der Waals surface area (Å²) in [6.07, 6.45) is 0. The zero-order valence-electron chi connectivity index (χ0n) is 12.6. The highest BCUT2D eigenvalue weighted by Crippen LogP contribution is 2.31. The van der Waals surface area contributed by atoms with Crippen LogP contribution >= 0.6 is 11.6 Å². The number of hydrogen-bond acceptors (Lipinski definition) is 5. The predicted octanol–water partition coefficient (Wildman–Crippen LogP) is 1.07. The van der Waals surface area contributed by atoms with Crippen molar-refractivity contribution in [1.82, 2.24) is 9.62 Å². The number of hydrogen-bond donors (Lipinski definition) is 2. The molecule has 120 valence electrons. The molecular weight excluding hydrogens is 316 g/mol. The summed E-state index contributed by atoms with van der Waals surface area (Å²) in [6.45, 7) is 1.95. The summed E-state index contributed by atoms with van der Waals surface area (Å²) in [6, 6.07) is 2.50. The Morgan fingerprint density at radius 2 is 2.05 bits per heavy atom. The SMILES string of the molecule is COc1c(CO)cc(Cl)cc1S(=O)(=O)NC(C)CN(C)C. The van der Waals surface area contributed by atoms with E-state index in [0.717, 1.165) is 0 Å². The smallest absolute Gasteiger partial charge is 0.244 e. The number of nitrogens with zero attached hydrogens (tertiary/aromatic N) is 1. The molecular formula is C13H21ClN2O4S. The number of halogens is 1. The number of ether oxygens (including phenoxy) is 1. The number of benzene rings is 1. The Bertz CT molecular complexity index is 590. The largest absolute Gasteiger partial charge is 0.495 e. The minimum atomic E-state index is -3.80. The van der Waals surface area contributed by atoms with Crippen LogP contribution in [-0.2, 0) is 16.6 Å². The maximum Gasteiger partial charge on any atom is 0.244 e. The zero-order chi connectivity index (χ0) is 16.2. The van der Waals surface area contributed by atoms with Crippen LogP contribution in [0.2, 0.25) is 5.02 Å². The van der Waals surface area contributed by atoms with Crippen molar-refractivity contribution in [2.75, 3.05) is 27.7 Å². The summed E-state index contributed by atoms with van der Waals surface area (Å²) in [5, 5.41) is 9.53. The molecule has 1 aromatic rings. The molecule has 0 amide bonds. The summed E-state index contributed by atoms with van der Waals surface area (Å²) in [5.41, 5.74) is 0.325. The number of sulfonamides is 1. The molecule has 0 saturated heterocycles. The molecule has 1 unspecified atom stereocenters. The third-order valence-corrected chi connectivity index (χ3v) is 4.57. The molecule has 1 aromatic carbocycles. The highest BCUT2D eigenvalue weighted by atomic mass is 35.5. The lowest BCUT2D eigenvalue weighted by molar-refractivity contribution is 0.272. The minimum absolute atomic E-state index is 0.0767. The molecule has 0 fully saturated rings. The first kappa shape index (κ1) is 18.2. The van der Waals surface area contributed by atoms with Crippen LogP contribution < -0.4 is 9.46 Å². The van der Waals surface area contributed by atoms with Crippen LogP contribution in [0.3, 0.4) is 0 Å². The number of aliphatic hydroxyl groups is 1. The number of likely N-dealkylation sites (N-methyl/N-ethyl adjacent to an activating group) is 1. The fourth-order valence-electron chi connectivity index (χ4n) is 2.08. The Labute approximate surface area is 130 Å². The fraction of sp³-hybridized carbons (Fsp3) is 0.538. The van der Waals surface area contributed by atoms with E-state index in [9.17, 15) is 13.5 Å². The van der Waals surface area contributed by atoms with Crippen molar-refractivity contribution in [2.24, 2.45) is 0 Å². The average molecular weight is 337 g/mol. The monoisotopic (exact) mass is 336 g/mol. The number of rotatable bonds is 7. The predicted molar refractivity (Wildman–Crippen MR) is 82.3 cm³/mol. The van der Waals surface area contributed by atoms with E-state index in [1.807, 2.05) is 19.0 Å². The highest BCUT2D eigenvalue weighted by Gasteiger charge is 2.24. The quantitative estimate of drug-likeness (QED) is 0.778. The van der Waals surface area contributed by atoms with E-state index in [1.54, 1.807) is 6.92 Å². The number of methoxy groups -OCH3 is 1. The van der Waals surface area contributed by atoms with Gasteiger partial charge in [-0.3, -0.25) is 0 Å². The molecule has 0 bridgehead atoms. The van der Waals surface area contributed by atoms with Gasteiger partial charge in [-0.1, -0.05) is 11.6 Å². The topological polar surface area (TPSA) is 78.9 Å².